The quantitative estimate of drug-likeness (QED) is 0.607. The molecule has 0 spiro atoms. The molecule has 1 saturated carbocycles. The fourth-order valence-electron chi connectivity index (χ4n) is 3.55. The van der Waals surface area contributed by atoms with Crippen LogP contribution in [0.3, 0.4) is 0 Å². The second-order valence-electron chi connectivity index (χ2n) is 7.92. The van der Waals surface area contributed by atoms with Gasteiger partial charge in [-0.3, -0.25) is 0 Å². The summed E-state index contributed by atoms with van der Waals surface area (Å²) < 4.78 is 8.00. The number of ether oxygens (including phenoxy) is 1. The molecular formula is C20H32N6O2. The van der Waals surface area contributed by atoms with E-state index in [2.05, 4.69) is 9.55 Å². The molecule has 2 heterocycles. The molecule has 3 rings (SSSR count). The zero-order chi connectivity index (χ0) is 20.3. The van der Waals surface area contributed by atoms with E-state index in [1.807, 2.05) is 26.8 Å². The number of nitrogens with zero attached hydrogens (tertiary/aromatic N) is 4. The van der Waals surface area contributed by atoms with Crippen LogP contribution >= 0.6 is 0 Å². The molecule has 0 bridgehead atoms. The number of aromatic nitrogens is 3. The standard InChI is InChI=1S/C20H32N6O2/c1-13(2)25(20(22)27)8-10-28-11-9-26-16-12-14(3)23-19(21)18(16)24-17(26)7-6-15-4-5-15/h12-13,15H,4-11H2,1-3H3,(H2,21,23)(H2,22,27). The SMILES string of the molecule is Cc1cc2c(nc(CCC3CC3)n2CCOCCN(C(N)=O)C(C)C)c(N)n1. The molecule has 1 aliphatic rings. The molecule has 8 nitrogen and oxygen atoms in total. The topological polar surface area (TPSA) is 112 Å². The number of imidazole rings is 1. The Hall–Kier alpha value is -2.35. The number of primary amides is 1. The molecule has 0 saturated heterocycles. The van der Waals surface area contributed by atoms with E-state index in [1.54, 1.807) is 4.90 Å². The molecule has 0 atom stereocenters. The van der Waals surface area contributed by atoms with E-state index in [0.29, 0.717) is 32.1 Å². The van der Waals surface area contributed by atoms with Gasteiger partial charge in [0.25, 0.3) is 0 Å². The lowest BCUT2D eigenvalue weighted by atomic mass is 10.2. The summed E-state index contributed by atoms with van der Waals surface area (Å²) in [6, 6.07) is 1.68. The number of urea groups is 1. The summed E-state index contributed by atoms with van der Waals surface area (Å²) in [6.07, 6.45) is 4.77. The van der Waals surface area contributed by atoms with Gasteiger partial charge in [-0.15, -0.1) is 0 Å². The summed E-state index contributed by atoms with van der Waals surface area (Å²) >= 11 is 0. The summed E-state index contributed by atoms with van der Waals surface area (Å²) in [4.78, 5) is 22.2. The molecule has 8 heteroatoms. The van der Waals surface area contributed by atoms with Crippen LogP contribution in [-0.2, 0) is 17.7 Å². The van der Waals surface area contributed by atoms with Crippen molar-refractivity contribution in [2.75, 3.05) is 25.5 Å². The van der Waals surface area contributed by atoms with Crippen LogP contribution in [0.4, 0.5) is 10.6 Å². The Labute approximate surface area is 166 Å². The van der Waals surface area contributed by atoms with Crippen LogP contribution in [0.1, 0.15) is 44.6 Å². The molecule has 2 amide bonds. The number of carbonyl (C=O) groups is 1. The lowest BCUT2D eigenvalue weighted by Crippen LogP contribution is -2.42. The second kappa shape index (κ2) is 8.77. The first kappa shape index (κ1) is 20.4. The maximum atomic E-state index is 11.4. The molecule has 4 N–H and O–H groups in total. The Kier molecular flexibility index (Phi) is 6.39. The number of aryl methyl sites for hydroxylation is 2. The van der Waals surface area contributed by atoms with Crippen molar-refractivity contribution in [3.63, 3.8) is 0 Å². The molecule has 0 radical (unpaired) electrons. The summed E-state index contributed by atoms with van der Waals surface area (Å²) in [5.74, 6) is 2.37. The number of amides is 2. The van der Waals surface area contributed by atoms with Crippen LogP contribution in [0.15, 0.2) is 6.07 Å². The Morgan fingerprint density at radius 1 is 1.36 bits per heavy atom. The number of fused-ring (bicyclic) bond motifs is 1. The third-order valence-corrected chi connectivity index (χ3v) is 5.29. The van der Waals surface area contributed by atoms with Crippen LogP contribution in [0.25, 0.3) is 11.0 Å². The first-order valence-electron chi connectivity index (χ1n) is 10.1. The van der Waals surface area contributed by atoms with Gasteiger partial charge in [0, 0.05) is 31.2 Å². The average Bonchev–Trinajstić information content (AvgIpc) is 3.38. The van der Waals surface area contributed by atoms with Gasteiger partial charge in [0.1, 0.15) is 11.3 Å². The molecule has 154 valence electrons. The number of hydrogen-bond donors (Lipinski definition) is 2. The van der Waals surface area contributed by atoms with Crippen LogP contribution in [0, 0.1) is 12.8 Å². The molecule has 2 aromatic rings. The minimum Gasteiger partial charge on any atom is -0.382 e. The molecule has 1 aliphatic carbocycles. The van der Waals surface area contributed by atoms with Gasteiger partial charge >= 0.3 is 6.03 Å². The third kappa shape index (κ3) is 4.92. The molecule has 2 aromatic heterocycles. The lowest BCUT2D eigenvalue weighted by Gasteiger charge is -2.24. The smallest absolute Gasteiger partial charge is 0.315 e. The highest BCUT2D eigenvalue weighted by Gasteiger charge is 2.23. The first-order chi connectivity index (χ1) is 13.4. The fourth-order valence-corrected chi connectivity index (χ4v) is 3.55. The van der Waals surface area contributed by atoms with Crippen molar-refractivity contribution >= 4 is 22.9 Å². The van der Waals surface area contributed by atoms with Gasteiger partial charge in [-0.25, -0.2) is 14.8 Å². The first-order valence-corrected chi connectivity index (χ1v) is 10.1. The molecule has 0 unspecified atom stereocenters. The second-order valence-corrected chi connectivity index (χ2v) is 7.92. The summed E-state index contributed by atoms with van der Waals surface area (Å²) in [7, 11) is 0. The van der Waals surface area contributed by atoms with E-state index < -0.39 is 6.03 Å². The van der Waals surface area contributed by atoms with Crippen molar-refractivity contribution < 1.29 is 9.53 Å². The normalized spacial score (nSPS) is 14.1. The van der Waals surface area contributed by atoms with E-state index in [9.17, 15) is 4.79 Å². The number of anilines is 1. The highest BCUT2D eigenvalue weighted by Crippen LogP contribution is 2.34. The highest BCUT2D eigenvalue weighted by molar-refractivity contribution is 5.85. The number of hydrogen-bond acceptors (Lipinski definition) is 5. The predicted octanol–water partition coefficient (Wildman–Crippen LogP) is 2.47. The third-order valence-electron chi connectivity index (χ3n) is 5.29. The molecule has 0 aromatic carbocycles. The number of pyridine rings is 1. The average molecular weight is 389 g/mol. The Bertz CT molecular complexity index is 828. The maximum Gasteiger partial charge on any atom is 0.315 e. The Morgan fingerprint density at radius 2 is 2.11 bits per heavy atom. The van der Waals surface area contributed by atoms with Crippen LogP contribution in [-0.4, -0.2) is 51.3 Å². The highest BCUT2D eigenvalue weighted by atomic mass is 16.5. The van der Waals surface area contributed by atoms with Crippen molar-refractivity contribution in [1.82, 2.24) is 19.4 Å². The van der Waals surface area contributed by atoms with Gasteiger partial charge in [-0.2, -0.15) is 0 Å². The van der Waals surface area contributed by atoms with E-state index in [1.165, 1.54) is 19.3 Å². The predicted molar refractivity (Wildman–Crippen MR) is 110 cm³/mol. The van der Waals surface area contributed by atoms with Gasteiger partial charge in [0.05, 0.1) is 18.7 Å². The number of nitrogens with two attached hydrogens (primary N) is 2. The van der Waals surface area contributed by atoms with E-state index >= 15 is 0 Å². The summed E-state index contributed by atoms with van der Waals surface area (Å²) in [5, 5.41) is 0. The van der Waals surface area contributed by atoms with Crippen molar-refractivity contribution in [3.05, 3.63) is 17.6 Å². The van der Waals surface area contributed by atoms with Gasteiger partial charge < -0.3 is 25.7 Å². The van der Waals surface area contributed by atoms with Crippen molar-refractivity contribution in [3.8, 4) is 0 Å². The van der Waals surface area contributed by atoms with E-state index in [-0.39, 0.29) is 6.04 Å². The largest absolute Gasteiger partial charge is 0.382 e. The zero-order valence-corrected chi connectivity index (χ0v) is 17.1. The Balaban J connectivity index is 1.65. The number of carbonyl (C=O) groups excluding carboxylic acids is 1. The van der Waals surface area contributed by atoms with E-state index in [4.69, 9.17) is 21.2 Å². The number of rotatable bonds is 10. The molecule has 0 aliphatic heterocycles. The van der Waals surface area contributed by atoms with Crippen molar-refractivity contribution in [2.24, 2.45) is 11.7 Å². The van der Waals surface area contributed by atoms with Gasteiger partial charge in [0.15, 0.2) is 5.82 Å². The monoisotopic (exact) mass is 388 g/mol. The number of nitrogen functional groups attached to an aromatic ring is 1. The van der Waals surface area contributed by atoms with Crippen molar-refractivity contribution in [1.29, 1.82) is 0 Å². The zero-order valence-electron chi connectivity index (χ0n) is 17.1. The van der Waals surface area contributed by atoms with Crippen LogP contribution in [0.2, 0.25) is 0 Å². The fraction of sp³-hybridized carbons (Fsp3) is 0.650. The van der Waals surface area contributed by atoms with Gasteiger partial charge in [-0.1, -0.05) is 12.8 Å². The summed E-state index contributed by atoms with van der Waals surface area (Å²) in [6.45, 7) is 7.99. The van der Waals surface area contributed by atoms with Gasteiger partial charge in [-0.05, 0) is 39.2 Å². The maximum absolute atomic E-state index is 11.4. The lowest BCUT2D eigenvalue weighted by molar-refractivity contribution is 0.0984. The van der Waals surface area contributed by atoms with E-state index in [0.717, 1.165) is 34.9 Å². The minimum atomic E-state index is -0.417. The summed E-state index contributed by atoms with van der Waals surface area (Å²) in [5.41, 5.74) is 14.2. The van der Waals surface area contributed by atoms with Crippen LogP contribution in [0.5, 0.6) is 0 Å². The minimum absolute atomic E-state index is 0.0613. The van der Waals surface area contributed by atoms with Crippen LogP contribution < -0.4 is 11.5 Å². The molecule has 28 heavy (non-hydrogen) atoms. The molecule has 1 fully saturated rings. The molecular weight excluding hydrogens is 356 g/mol. The van der Waals surface area contributed by atoms with Gasteiger partial charge in [0.2, 0.25) is 0 Å². The van der Waals surface area contributed by atoms with Crippen molar-refractivity contribution in [2.45, 2.75) is 59.0 Å². The Morgan fingerprint density at radius 3 is 2.75 bits per heavy atom.